The molecule has 6 nitrogen and oxygen atoms in total. The Hall–Kier alpha value is -2.12. The van der Waals surface area contributed by atoms with Crippen molar-refractivity contribution in [2.24, 2.45) is 5.84 Å². The van der Waals surface area contributed by atoms with Gasteiger partial charge < -0.3 is 10.1 Å². The van der Waals surface area contributed by atoms with Gasteiger partial charge in [-0.05, 0) is 25.1 Å². The van der Waals surface area contributed by atoms with Crippen LogP contribution in [0.1, 0.15) is 11.3 Å². The second-order valence-electron chi connectivity index (χ2n) is 4.21. The number of hydrogen-bond acceptors (Lipinski definition) is 5. The Morgan fingerprint density at radius 3 is 2.59 bits per heavy atom. The topological polar surface area (TPSA) is 89.3 Å². The molecule has 0 saturated carbocycles. The van der Waals surface area contributed by atoms with Gasteiger partial charge in [-0.15, -0.1) is 0 Å². The lowest BCUT2D eigenvalue weighted by atomic mass is 10.2. The molecular weight excluding hydrogens is 348 g/mol. The van der Waals surface area contributed by atoms with E-state index in [-0.39, 0.29) is 0 Å². The van der Waals surface area contributed by atoms with Gasteiger partial charge >= 0.3 is 0 Å². The molecule has 1 amide bonds. The Labute approximate surface area is 138 Å². The minimum Gasteiger partial charge on any atom is -0.473 e. The summed E-state index contributed by atoms with van der Waals surface area (Å²) in [5.74, 6) is 5.06. The Morgan fingerprint density at radius 1 is 1.32 bits per heavy atom. The van der Waals surface area contributed by atoms with Gasteiger partial charge in [0, 0.05) is 34.5 Å². The average Bonchev–Trinajstić information content (AvgIpc) is 2.53. The highest BCUT2D eigenvalue weighted by Crippen LogP contribution is 2.25. The lowest BCUT2D eigenvalue weighted by Crippen LogP contribution is -2.18. The Bertz CT molecular complexity index is 608. The van der Waals surface area contributed by atoms with E-state index in [1.54, 1.807) is 5.43 Å². The van der Waals surface area contributed by atoms with Crippen LogP contribution in [0, 0.1) is 6.92 Å². The third-order valence-corrected chi connectivity index (χ3v) is 3.43. The summed E-state index contributed by atoms with van der Waals surface area (Å²) in [5, 5.41) is 3.15. The van der Waals surface area contributed by atoms with Crippen LogP contribution in [0.5, 0.6) is 5.88 Å². The van der Waals surface area contributed by atoms with Crippen LogP contribution in [0.4, 0.5) is 5.69 Å². The molecule has 22 heavy (non-hydrogen) atoms. The quantitative estimate of drug-likeness (QED) is 0.327. The molecule has 1 heterocycles. The van der Waals surface area contributed by atoms with Crippen molar-refractivity contribution in [3.63, 3.8) is 0 Å². The van der Waals surface area contributed by atoms with Crippen LogP contribution in [-0.4, -0.2) is 18.4 Å². The molecule has 1 aromatic carbocycles. The first-order valence-electron chi connectivity index (χ1n) is 6.53. The van der Waals surface area contributed by atoms with Crippen molar-refractivity contribution in [2.45, 2.75) is 13.5 Å². The van der Waals surface area contributed by atoms with Crippen LogP contribution in [0.3, 0.4) is 0 Å². The lowest BCUT2D eigenvalue weighted by Gasteiger charge is -2.12. The maximum atomic E-state index is 8.94. The molecule has 118 valence electrons. The fourth-order valence-corrected chi connectivity index (χ4v) is 2.16. The minimum atomic E-state index is 0.403. The van der Waals surface area contributed by atoms with E-state index >= 15 is 0 Å². The van der Waals surface area contributed by atoms with Crippen molar-refractivity contribution in [1.82, 2.24) is 10.4 Å². The number of carbonyl (C=O) groups excluding carboxylic acids is 1. The van der Waals surface area contributed by atoms with Gasteiger partial charge in [0.2, 0.25) is 12.3 Å². The number of amides is 1. The normalized spacial score (nSPS) is 9.27. The number of rotatable bonds is 5. The van der Waals surface area contributed by atoms with E-state index in [9.17, 15) is 0 Å². The van der Waals surface area contributed by atoms with Crippen LogP contribution in [0.2, 0.25) is 0 Å². The monoisotopic (exact) mass is 366 g/mol. The largest absolute Gasteiger partial charge is 0.473 e. The predicted molar refractivity (Wildman–Crippen MR) is 90.4 cm³/mol. The molecular formula is C15H19BrN4O2. The summed E-state index contributed by atoms with van der Waals surface area (Å²) in [5.41, 5.74) is 4.84. The zero-order valence-corrected chi connectivity index (χ0v) is 14.1. The Balaban J connectivity index is 0.000000541. The van der Waals surface area contributed by atoms with Crippen molar-refractivity contribution >= 4 is 28.0 Å². The third-order valence-electron chi connectivity index (χ3n) is 2.68. The van der Waals surface area contributed by atoms with Crippen molar-refractivity contribution in [3.8, 4) is 5.88 Å². The molecule has 0 saturated heterocycles. The zero-order valence-electron chi connectivity index (χ0n) is 12.5. The molecule has 0 aliphatic carbocycles. The first-order chi connectivity index (χ1) is 10.6. The van der Waals surface area contributed by atoms with Gasteiger partial charge in [-0.1, -0.05) is 28.1 Å². The number of hydrazine groups is 1. The van der Waals surface area contributed by atoms with Gasteiger partial charge in [0.15, 0.2) is 0 Å². The predicted octanol–water partition coefficient (Wildman–Crippen LogP) is 2.38. The summed E-state index contributed by atoms with van der Waals surface area (Å²) < 4.78 is 6.74. The van der Waals surface area contributed by atoms with Gasteiger partial charge in [-0.3, -0.25) is 10.2 Å². The summed E-state index contributed by atoms with van der Waals surface area (Å²) in [7, 11) is 1.90. The van der Waals surface area contributed by atoms with Crippen LogP contribution in [0.25, 0.3) is 0 Å². The number of anilines is 1. The van der Waals surface area contributed by atoms with Crippen LogP contribution in [-0.2, 0) is 11.4 Å². The van der Waals surface area contributed by atoms with E-state index in [2.05, 4.69) is 32.1 Å². The summed E-state index contributed by atoms with van der Waals surface area (Å²) in [6.07, 6.45) is 0.403. The average molecular weight is 367 g/mol. The van der Waals surface area contributed by atoms with Crippen molar-refractivity contribution in [2.75, 3.05) is 12.4 Å². The summed E-state index contributed by atoms with van der Waals surface area (Å²) >= 11 is 3.54. The smallest absolute Gasteiger partial charge is 0.221 e. The first kappa shape index (κ1) is 17.9. The Kier molecular flexibility index (Phi) is 7.95. The number of halogens is 1. The molecule has 0 aliphatic heterocycles. The number of nitrogens with one attached hydrogen (secondary N) is 2. The number of aryl methyl sites for hydroxylation is 1. The highest BCUT2D eigenvalue weighted by molar-refractivity contribution is 9.10. The molecule has 0 aliphatic rings. The minimum absolute atomic E-state index is 0.403. The fraction of sp³-hybridized carbons (Fsp3) is 0.200. The molecule has 2 aromatic rings. The zero-order chi connectivity index (χ0) is 16.4. The molecule has 2 rings (SSSR count). The van der Waals surface area contributed by atoms with Crippen molar-refractivity contribution in [1.29, 1.82) is 0 Å². The maximum Gasteiger partial charge on any atom is 0.221 e. The Morgan fingerprint density at radius 2 is 2.00 bits per heavy atom. The molecule has 0 atom stereocenters. The van der Waals surface area contributed by atoms with Crippen molar-refractivity contribution < 1.29 is 9.53 Å². The van der Waals surface area contributed by atoms with Gasteiger partial charge in [0.05, 0.1) is 0 Å². The standard InChI is InChI=1S/C14H15BrN2O.CH4N2O/c1-10-5-3-8-14(17-10)18-9-11-12(15)6-4-7-13(11)16-2;2-3-1-4/h3-8,16H,9H2,1-2H3;1H,2H2,(H,3,4). The van der Waals surface area contributed by atoms with Crippen molar-refractivity contribution in [3.05, 3.63) is 52.1 Å². The summed E-state index contributed by atoms with van der Waals surface area (Å²) in [4.78, 5) is 13.3. The number of nitrogens with two attached hydrogens (primary N) is 1. The van der Waals surface area contributed by atoms with Crippen LogP contribution < -0.4 is 21.3 Å². The molecule has 0 radical (unpaired) electrons. The van der Waals surface area contributed by atoms with Gasteiger partial charge in [0.1, 0.15) is 6.61 Å². The van der Waals surface area contributed by atoms with Crippen LogP contribution >= 0.6 is 15.9 Å². The summed E-state index contributed by atoms with van der Waals surface area (Å²) in [6.45, 7) is 2.43. The molecule has 7 heteroatoms. The third kappa shape index (κ3) is 5.71. The number of carbonyl (C=O) groups is 1. The van der Waals surface area contributed by atoms with Gasteiger partial charge in [0.25, 0.3) is 0 Å². The number of hydrogen-bond donors (Lipinski definition) is 3. The molecule has 1 aromatic heterocycles. The maximum absolute atomic E-state index is 8.94. The summed E-state index contributed by atoms with van der Waals surface area (Å²) in [6, 6.07) is 11.8. The second kappa shape index (κ2) is 9.75. The number of nitrogens with zero attached hydrogens (tertiary/aromatic N) is 1. The first-order valence-corrected chi connectivity index (χ1v) is 7.33. The second-order valence-corrected chi connectivity index (χ2v) is 5.06. The highest BCUT2D eigenvalue weighted by Gasteiger charge is 2.06. The van der Waals surface area contributed by atoms with E-state index in [1.165, 1.54) is 0 Å². The lowest BCUT2D eigenvalue weighted by molar-refractivity contribution is -0.109. The highest BCUT2D eigenvalue weighted by atomic mass is 79.9. The SMILES string of the molecule is CNc1cccc(Br)c1COc1cccc(C)n1.NNC=O. The van der Waals surface area contributed by atoms with Gasteiger partial charge in [-0.2, -0.15) is 0 Å². The fourth-order valence-electron chi connectivity index (χ4n) is 1.68. The van der Waals surface area contributed by atoms with E-state index in [0.717, 1.165) is 21.4 Å². The number of ether oxygens (including phenoxy) is 1. The molecule has 4 N–H and O–H groups in total. The van der Waals surface area contributed by atoms with Gasteiger partial charge in [-0.25, -0.2) is 10.8 Å². The number of pyridine rings is 1. The number of aromatic nitrogens is 1. The number of benzene rings is 1. The van der Waals surface area contributed by atoms with Crippen LogP contribution in [0.15, 0.2) is 40.9 Å². The van der Waals surface area contributed by atoms with E-state index in [0.29, 0.717) is 18.9 Å². The molecule has 0 bridgehead atoms. The van der Waals surface area contributed by atoms with E-state index in [4.69, 9.17) is 9.53 Å². The molecule has 0 spiro atoms. The molecule has 0 fully saturated rings. The van der Waals surface area contributed by atoms with E-state index < -0.39 is 0 Å². The van der Waals surface area contributed by atoms with E-state index in [1.807, 2.05) is 50.4 Å². The molecule has 0 unspecified atom stereocenters.